The molecule has 0 radical (unpaired) electrons. The molecule has 8 nitrogen and oxygen atoms in total. The van der Waals surface area contributed by atoms with E-state index in [0.717, 1.165) is 22.5 Å². The van der Waals surface area contributed by atoms with Crippen molar-refractivity contribution >= 4 is 39.1 Å². The highest BCUT2D eigenvalue weighted by Gasteiger charge is 2.32. The zero-order valence-corrected chi connectivity index (χ0v) is 23.3. The van der Waals surface area contributed by atoms with E-state index in [9.17, 15) is 18.0 Å². The predicted octanol–water partition coefficient (Wildman–Crippen LogP) is 4.15. The van der Waals surface area contributed by atoms with Crippen LogP contribution in [0.3, 0.4) is 0 Å². The molecular formula is C26H36ClN3O5S. The minimum Gasteiger partial charge on any atom is -0.497 e. The Kier molecular flexibility index (Phi) is 10.6. The summed E-state index contributed by atoms with van der Waals surface area (Å²) in [5.41, 5.74) is 1.72. The normalized spacial score (nSPS) is 13.0. The Hall–Kier alpha value is -2.78. The molecule has 0 bridgehead atoms. The van der Waals surface area contributed by atoms with E-state index < -0.39 is 28.5 Å². The van der Waals surface area contributed by atoms with Crippen LogP contribution < -0.4 is 14.4 Å². The fourth-order valence-corrected chi connectivity index (χ4v) is 4.96. The van der Waals surface area contributed by atoms with E-state index in [1.807, 2.05) is 26.8 Å². The number of halogens is 1. The van der Waals surface area contributed by atoms with Gasteiger partial charge in [-0.15, -0.1) is 0 Å². The average Bonchev–Trinajstić information content (AvgIpc) is 2.82. The number of aryl methyl sites for hydroxylation is 1. The molecule has 0 fully saturated rings. The monoisotopic (exact) mass is 537 g/mol. The lowest BCUT2D eigenvalue weighted by atomic mass is 10.1. The van der Waals surface area contributed by atoms with Crippen molar-refractivity contribution in [2.24, 2.45) is 0 Å². The fraction of sp³-hybridized carbons (Fsp3) is 0.462. The number of carbonyl (C=O) groups is 2. The number of rotatable bonds is 12. The van der Waals surface area contributed by atoms with E-state index in [2.05, 4.69) is 5.32 Å². The zero-order chi connectivity index (χ0) is 27.0. The largest absolute Gasteiger partial charge is 0.497 e. The topological polar surface area (TPSA) is 96.0 Å². The summed E-state index contributed by atoms with van der Waals surface area (Å²) in [6.07, 6.45) is 2.15. The number of nitrogens with zero attached hydrogens (tertiary/aromatic N) is 2. The summed E-state index contributed by atoms with van der Waals surface area (Å²) in [6, 6.07) is 11.2. The molecule has 2 amide bonds. The Balaban J connectivity index is 2.49. The van der Waals surface area contributed by atoms with E-state index >= 15 is 0 Å². The van der Waals surface area contributed by atoms with Crippen molar-refractivity contribution in [3.8, 4) is 5.75 Å². The van der Waals surface area contributed by atoms with E-state index in [1.165, 1.54) is 4.90 Å². The molecule has 0 unspecified atom stereocenters. The summed E-state index contributed by atoms with van der Waals surface area (Å²) in [7, 11) is -2.27. The smallest absolute Gasteiger partial charge is 0.244 e. The van der Waals surface area contributed by atoms with E-state index in [4.69, 9.17) is 16.3 Å². The second kappa shape index (κ2) is 13.0. The summed E-state index contributed by atoms with van der Waals surface area (Å²) < 4.78 is 31.9. The first kappa shape index (κ1) is 29.5. The molecule has 0 aliphatic heterocycles. The van der Waals surface area contributed by atoms with Crippen LogP contribution in [0.4, 0.5) is 5.69 Å². The third kappa shape index (κ3) is 7.86. The van der Waals surface area contributed by atoms with Crippen LogP contribution in [-0.4, -0.2) is 57.1 Å². The Morgan fingerprint density at radius 1 is 1.11 bits per heavy atom. The second-order valence-electron chi connectivity index (χ2n) is 8.82. The van der Waals surface area contributed by atoms with Gasteiger partial charge in [-0.25, -0.2) is 8.42 Å². The van der Waals surface area contributed by atoms with Gasteiger partial charge in [0.1, 0.15) is 18.3 Å². The van der Waals surface area contributed by atoms with Crippen LogP contribution in [0.2, 0.25) is 5.02 Å². The molecule has 0 heterocycles. The highest BCUT2D eigenvalue weighted by molar-refractivity contribution is 7.92. The third-order valence-corrected chi connectivity index (χ3v) is 7.34. The first-order valence-corrected chi connectivity index (χ1v) is 14.1. The molecule has 198 valence electrons. The maximum atomic E-state index is 13.8. The Morgan fingerprint density at radius 3 is 2.36 bits per heavy atom. The van der Waals surface area contributed by atoms with E-state index in [1.54, 1.807) is 50.4 Å². The van der Waals surface area contributed by atoms with Gasteiger partial charge in [-0.05, 0) is 68.1 Å². The number of amides is 2. The Bertz CT molecular complexity index is 1170. The van der Waals surface area contributed by atoms with Gasteiger partial charge in [-0.3, -0.25) is 13.9 Å². The number of hydrogen-bond acceptors (Lipinski definition) is 5. The Morgan fingerprint density at radius 2 is 1.81 bits per heavy atom. The molecule has 0 aliphatic rings. The molecule has 0 spiro atoms. The van der Waals surface area contributed by atoms with Gasteiger partial charge in [0.25, 0.3) is 0 Å². The van der Waals surface area contributed by atoms with Crippen LogP contribution in [0, 0.1) is 6.92 Å². The van der Waals surface area contributed by atoms with Crippen LogP contribution in [0.15, 0.2) is 42.5 Å². The number of benzene rings is 2. The summed E-state index contributed by atoms with van der Waals surface area (Å²) in [6.45, 7) is 7.06. The van der Waals surface area contributed by atoms with Crippen LogP contribution in [0.5, 0.6) is 5.75 Å². The lowest BCUT2D eigenvalue weighted by Gasteiger charge is -2.33. The van der Waals surface area contributed by atoms with Gasteiger partial charge in [-0.1, -0.05) is 37.6 Å². The molecule has 0 saturated heterocycles. The molecule has 1 N–H and O–H groups in total. The van der Waals surface area contributed by atoms with Crippen LogP contribution in [0.25, 0.3) is 0 Å². The molecule has 10 heteroatoms. The van der Waals surface area contributed by atoms with Gasteiger partial charge in [-0.2, -0.15) is 0 Å². The highest BCUT2D eigenvalue weighted by Crippen LogP contribution is 2.26. The molecule has 0 aromatic heterocycles. The fourth-order valence-electron chi connectivity index (χ4n) is 3.82. The SMILES string of the molecule is CC[C@H](C)NC(=O)[C@H](CC)N(Cc1cccc(OC)c1)C(=O)CN(c1ccc(Cl)cc1C)S(C)(=O)=O. The molecule has 0 saturated carbocycles. The van der Waals surface area contributed by atoms with Gasteiger partial charge in [0.2, 0.25) is 21.8 Å². The van der Waals surface area contributed by atoms with Crippen molar-refractivity contribution < 1.29 is 22.7 Å². The molecule has 2 rings (SSSR count). The van der Waals surface area contributed by atoms with Crippen molar-refractivity contribution in [3.05, 3.63) is 58.6 Å². The molecule has 2 aromatic carbocycles. The first-order valence-electron chi connectivity index (χ1n) is 11.9. The van der Waals surface area contributed by atoms with Crippen molar-refractivity contribution in [1.82, 2.24) is 10.2 Å². The molecule has 0 aliphatic carbocycles. The molecule has 2 atom stereocenters. The number of carbonyl (C=O) groups excluding carboxylic acids is 2. The highest BCUT2D eigenvalue weighted by atomic mass is 35.5. The van der Waals surface area contributed by atoms with Crippen LogP contribution >= 0.6 is 11.6 Å². The van der Waals surface area contributed by atoms with Gasteiger partial charge in [0.15, 0.2) is 0 Å². The maximum Gasteiger partial charge on any atom is 0.244 e. The number of hydrogen-bond donors (Lipinski definition) is 1. The lowest BCUT2D eigenvalue weighted by Crippen LogP contribution is -2.53. The number of anilines is 1. The van der Waals surface area contributed by atoms with Gasteiger partial charge < -0.3 is 15.0 Å². The number of ether oxygens (including phenoxy) is 1. The minimum atomic E-state index is -3.82. The van der Waals surface area contributed by atoms with E-state index in [0.29, 0.717) is 28.4 Å². The van der Waals surface area contributed by atoms with Gasteiger partial charge >= 0.3 is 0 Å². The maximum absolute atomic E-state index is 13.8. The Labute approximate surface area is 219 Å². The molecular weight excluding hydrogens is 502 g/mol. The second-order valence-corrected chi connectivity index (χ2v) is 11.2. The first-order chi connectivity index (χ1) is 16.9. The van der Waals surface area contributed by atoms with E-state index in [-0.39, 0.29) is 18.5 Å². The summed E-state index contributed by atoms with van der Waals surface area (Å²) in [5.74, 6) is -0.160. The number of sulfonamides is 1. The zero-order valence-electron chi connectivity index (χ0n) is 21.7. The van der Waals surface area contributed by atoms with Crippen molar-refractivity contribution in [1.29, 1.82) is 0 Å². The number of methoxy groups -OCH3 is 1. The van der Waals surface area contributed by atoms with Crippen LogP contribution in [-0.2, 0) is 26.2 Å². The lowest BCUT2D eigenvalue weighted by molar-refractivity contribution is -0.140. The predicted molar refractivity (Wildman–Crippen MR) is 144 cm³/mol. The molecule has 2 aromatic rings. The number of nitrogens with one attached hydrogen (secondary N) is 1. The third-order valence-electron chi connectivity index (χ3n) is 5.98. The summed E-state index contributed by atoms with van der Waals surface area (Å²) in [4.78, 5) is 28.4. The minimum absolute atomic E-state index is 0.0652. The summed E-state index contributed by atoms with van der Waals surface area (Å²) >= 11 is 6.06. The summed E-state index contributed by atoms with van der Waals surface area (Å²) in [5, 5.41) is 3.41. The quantitative estimate of drug-likeness (QED) is 0.439. The van der Waals surface area contributed by atoms with Crippen molar-refractivity contribution in [2.75, 3.05) is 24.2 Å². The standard InChI is InChI=1S/C26H36ClN3O5S/c1-7-19(4)28-26(32)23(8-2)29(16-20-10-9-11-22(15-20)35-5)25(31)17-30(36(6,33)34)24-13-12-21(27)14-18(24)3/h9-15,19,23H,7-8,16-17H2,1-6H3,(H,28,32)/t19-,23-/m0/s1. The molecule has 36 heavy (non-hydrogen) atoms. The van der Waals surface area contributed by atoms with Gasteiger partial charge in [0.05, 0.1) is 19.1 Å². The van der Waals surface area contributed by atoms with Crippen LogP contribution in [0.1, 0.15) is 44.7 Å². The van der Waals surface area contributed by atoms with Crippen molar-refractivity contribution in [3.63, 3.8) is 0 Å². The average molecular weight is 538 g/mol. The van der Waals surface area contributed by atoms with Gasteiger partial charge in [0, 0.05) is 17.6 Å². The van der Waals surface area contributed by atoms with Crippen molar-refractivity contribution in [2.45, 2.75) is 59.2 Å².